The summed E-state index contributed by atoms with van der Waals surface area (Å²) < 4.78 is 0. The molecular formula is C29H49NO2. The number of aliphatic hydroxyl groups excluding tert-OH is 1. The maximum Gasteiger partial charge on any atom is 0.0596 e. The Bertz CT molecular complexity index is 777. The minimum Gasteiger partial charge on any atom is -0.411 e. The van der Waals surface area contributed by atoms with Crippen LogP contribution in [0.5, 0.6) is 0 Å². The van der Waals surface area contributed by atoms with Crippen molar-refractivity contribution in [1.82, 2.24) is 0 Å². The molecule has 0 radical (unpaired) electrons. The highest BCUT2D eigenvalue weighted by molar-refractivity contribution is 5.85. The second-order valence-corrected chi connectivity index (χ2v) is 13.9. The molecule has 0 unspecified atom stereocenters. The lowest BCUT2D eigenvalue weighted by Gasteiger charge is -2.62. The monoisotopic (exact) mass is 443 g/mol. The quantitative estimate of drug-likeness (QED) is 0.266. The molecule has 2 spiro atoms. The first kappa shape index (κ1) is 23.2. The van der Waals surface area contributed by atoms with Gasteiger partial charge in [0.25, 0.3) is 0 Å². The summed E-state index contributed by atoms with van der Waals surface area (Å²) in [4.78, 5) is 0. The normalized spacial score (nSPS) is 53.2. The van der Waals surface area contributed by atoms with Crippen LogP contribution < -0.4 is 0 Å². The van der Waals surface area contributed by atoms with Crippen LogP contribution in [0.1, 0.15) is 112 Å². The average Bonchev–Trinajstić information content (AvgIpc) is 3.33. The van der Waals surface area contributed by atoms with Gasteiger partial charge in [-0.1, -0.05) is 46.7 Å². The zero-order valence-electron chi connectivity index (χ0n) is 21.7. The van der Waals surface area contributed by atoms with Crippen LogP contribution >= 0.6 is 0 Å². The minimum absolute atomic E-state index is 0.0563. The van der Waals surface area contributed by atoms with E-state index in [0.29, 0.717) is 39.4 Å². The van der Waals surface area contributed by atoms with Gasteiger partial charge in [-0.3, -0.25) is 0 Å². The van der Waals surface area contributed by atoms with Crippen LogP contribution in [-0.4, -0.2) is 22.1 Å². The Morgan fingerprint density at radius 1 is 0.938 bits per heavy atom. The molecule has 3 nitrogen and oxygen atoms in total. The van der Waals surface area contributed by atoms with Crippen LogP contribution in [0.2, 0.25) is 0 Å². The summed E-state index contributed by atoms with van der Waals surface area (Å²) in [6.07, 6.45) is 14.3. The smallest absolute Gasteiger partial charge is 0.0596 e. The molecule has 5 rings (SSSR count). The number of hydrogen-bond acceptors (Lipinski definition) is 3. The van der Waals surface area contributed by atoms with Gasteiger partial charge in [0, 0.05) is 0 Å². The van der Waals surface area contributed by atoms with Crippen molar-refractivity contribution < 1.29 is 10.3 Å². The van der Waals surface area contributed by atoms with Gasteiger partial charge in [-0.25, -0.2) is 0 Å². The average molecular weight is 444 g/mol. The Morgan fingerprint density at radius 3 is 2.38 bits per heavy atom. The zero-order valence-corrected chi connectivity index (χ0v) is 21.7. The van der Waals surface area contributed by atoms with Crippen molar-refractivity contribution in [3.05, 3.63) is 0 Å². The molecule has 5 saturated carbocycles. The number of rotatable bonds is 5. The van der Waals surface area contributed by atoms with E-state index in [-0.39, 0.29) is 6.10 Å². The summed E-state index contributed by atoms with van der Waals surface area (Å²) in [5, 5.41) is 23.6. The molecule has 0 aliphatic heterocycles. The fourth-order valence-corrected chi connectivity index (χ4v) is 11.0. The molecule has 3 heteroatoms. The van der Waals surface area contributed by atoms with Gasteiger partial charge in [0.15, 0.2) is 0 Å². The van der Waals surface area contributed by atoms with E-state index in [1.807, 2.05) is 0 Å². The lowest BCUT2D eigenvalue weighted by atomic mass is 9.43. The van der Waals surface area contributed by atoms with Crippen LogP contribution in [0.25, 0.3) is 0 Å². The van der Waals surface area contributed by atoms with Crippen LogP contribution in [-0.2, 0) is 0 Å². The van der Waals surface area contributed by atoms with Crippen LogP contribution in [0.4, 0.5) is 0 Å². The second-order valence-electron chi connectivity index (χ2n) is 13.9. The molecule has 5 fully saturated rings. The van der Waals surface area contributed by atoms with Crippen LogP contribution in [0, 0.1) is 57.2 Å². The maximum atomic E-state index is 10.6. The molecule has 0 aromatic heterocycles. The van der Waals surface area contributed by atoms with E-state index in [1.54, 1.807) is 0 Å². The van der Waals surface area contributed by atoms with Gasteiger partial charge >= 0.3 is 0 Å². The third-order valence-electron chi connectivity index (χ3n) is 13.1. The first-order valence-electron chi connectivity index (χ1n) is 14.0. The molecule has 0 aromatic carbocycles. The summed E-state index contributed by atoms with van der Waals surface area (Å²) in [7, 11) is 0. The molecule has 0 amide bonds. The van der Waals surface area contributed by atoms with E-state index in [0.717, 1.165) is 42.7 Å². The lowest BCUT2D eigenvalue weighted by Crippen LogP contribution is -2.56. The van der Waals surface area contributed by atoms with Crippen molar-refractivity contribution in [3.63, 3.8) is 0 Å². The van der Waals surface area contributed by atoms with E-state index < -0.39 is 0 Å². The highest BCUT2D eigenvalue weighted by atomic mass is 16.4. The van der Waals surface area contributed by atoms with Gasteiger partial charge in [-0.05, 0) is 128 Å². The first-order valence-corrected chi connectivity index (χ1v) is 14.0. The molecule has 2 N–H and O–H groups in total. The Morgan fingerprint density at radius 2 is 1.69 bits per heavy atom. The Balaban J connectivity index is 1.36. The predicted molar refractivity (Wildman–Crippen MR) is 131 cm³/mol. The van der Waals surface area contributed by atoms with Crippen LogP contribution in [0.3, 0.4) is 0 Å². The Labute approximate surface area is 196 Å². The lowest BCUT2D eigenvalue weighted by molar-refractivity contribution is -0.142. The SMILES string of the molecule is CC(C)/C(CC[C@@H](C)[C@H]1CC[C@@]2(C)[C@@H]3CC[C@H]4[C@H](C)[C@@H](O)CC[C@@]45C[C@@]35CC[C@]12C)=N/O. The molecule has 5 aliphatic rings. The fraction of sp³-hybridized carbons (Fsp3) is 0.966. The predicted octanol–water partition coefficient (Wildman–Crippen LogP) is 7.30. The van der Waals surface area contributed by atoms with Crippen molar-refractivity contribution in [1.29, 1.82) is 0 Å². The summed E-state index contributed by atoms with van der Waals surface area (Å²) in [6.45, 7) is 14.5. The number of hydrogen-bond donors (Lipinski definition) is 2. The fourth-order valence-electron chi connectivity index (χ4n) is 11.0. The second kappa shape index (κ2) is 7.46. The summed E-state index contributed by atoms with van der Waals surface area (Å²) in [5.74, 6) is 4.01. The molecule has 32 heavy (non-hydrogen) atoms. The van der Waals surface area contributed by atoms with E-state index in [9.17, 15) is 10.3 Å². The molecule has 0 heterocycles. The van der Waals surface area contributed by atoms with Gasteiger partial charge in [-0.15, -0.1) is 0 Å². The summed E-state index contributed by atoms with van der Waals surface area (Å²) in [5.41, 5.74) is 3.08. The number of aliphatic hydroxyl groups is 1. The molecular weight excluding hydrogens is 394 g/mol. The largest absolute Gasteiger partial charge is 0.411 e. The van der Waals surface area contributed by atoms with E-state index >= 15 is 0 Å². The van der Waals surface area contributed by atoms with E-state index in [1.165, 1.54) is 51.4 Å². The van der Waals surface area contributed by atoms with Crippen molar-refractivity contribution in [2.45, 2.75) is 118 Å². The number of nitrogens with zero attached hydrogens (tertiary/aromatic N) is 1. The maximum absolute atomic E-state index is 10.6. The zero-order chi connectivity index (χ0) is 23.1. The number of oxime groups is 1. The molecule has 5 aliphatic carbocycles. The third kappa shape index (κ3) is 2.78. The molecule has 182 valence electrons. The molecule has 10 atom stereocenters. The van der Waals surface area contributed by atoms with E-state index in [2.05, 4.69) is 46.7 Å². The molecule has 0 aromatic rings. The Kier molecular flexibility index (Phi) is 5.41. The standard InChI is InChI=1S/C29H49NO2/c1-18(2)23(30-32)9-7-19(3)21-11-13-27(6)25-10-8-22-20(4)24(31)12-14-28(22)17-29(25,28)16-15-26(21,27)5/h18-22,24-25,31-32H,7-17H2,1-6H3/b30-23+/t19-,20+,21-,22+,24+,25+,26-,27+,28-,29+/m1/s1. The minimum atomic E-state index is -0.0563. The highest BCUT2D eigenvalue weighted by Gasteiger charge is 2.81. The van der Waals surface area contributed by atoms with Crippen molar-refractivity contribution in [2.24, 2.45) is 62.3 Å². The third-order valence-corrected chi connectivity index (χ3v) is 13.1. The van der Waals surface area contributed by atoms with Crippen molar-refractivity contribution in [2.75, 3.05) is 0 Å². The topological polar surface area (TPSA) is 52.8 Å². The highest BCUT2D eigenvalue weighted by Crippen LogP contribution is 2.88. The van der Waals surface area contributed by atoms with Crippen molar-refractivity contribution in [3.8, 4) is 0 Å². The van der Waals surface area contributed by atoms with Crippen molar-refractivity contribution >= 4 is 5.71 Å². The first-order chi connectivity index (χ1) is 15.1. The Hall–Kier alpha value is -0.570. The van der Waals surface area contributed by atoms with Crippen LogP contribution in [0.15, 0.2) is 5.16 Å². The van der Waals surface area contributed by atoms with Gasteiger partial charge in [0.2, 0.25) is 0 Å². The molecule has 0 bridgehead atoms. The number of fused-ring (bicyclic) bond motifs is 2. The molecule has 0 saturated heterocycles. The summed E-state index contributed by atoms with van der Waals surface area (Å²) in [6, 6.07) is 0. The summed E-state index contributed by atoms with van der Waals surface area (Å²) >= 11 is 0. The van der Waals surface area contributed by atoms with Gasteiger partial charge in [0.05, 0.1) is 11.8 Å². The van der Waals surface area contributed by atoms with Gasteiger partial charge in [-0.2, -0.15) is 0 Å². The van der Waals surface area contributed by atoms with Gasteiger partial charge in [0.1, 0.15) is 0 Å². The van der Waals surface area contributed by atoms with Gasteiger partial charge < -0.3 is 10.3 Å². The van der Waals surface area contributed by atoms with E-state index in [4.69, 9.17) is 0 Å².